The highest BCUT2D eigenvalue weighted by Gasteiger charge is 1.94. The highest BCUT2D eigenvalue weighted by atomic mass is 32.2. The Morgan fingerprint density at radius 2 is 2.11 bits per heavy atom. The molecule has 0 unspecified atom stereocenters. The predicted octanol–water partition coefficient (Wildman–Crippen LogP) is 3.92. The number of hydrogen-bond donors (Lipinski definition) is 0. The first-order valence-corrected chi connectivity index (χ1v) is 6.90. The lowest BCUT2D eigenvalue weighted by Gasteiger charge is -1.98. The monoisotopic (exact) mass is 257 g/mol. The van der Waals surface area contributed by atoms with E-state index in [4.69, 9.17) is 0 Å². The molecule has 0 amide bonds. The molecule has 0 spiro atoms. The van der Waals surface area contributed by atoms with Crippen LogP contribution in [0.25, 0.3) is 17.0 Å². The average molecular weight is 257 g/mol. The Bertz CT molecular complexity index is 577. The Morgan fingerprint density at radius 1 is 1.28 bits per heavy atom. The molecule has 18 heavy (non-hydrogen) atoms. The van der Waals surface area contributed by atoms with Crippen LogP contribution >= 0.6 is 11.8 Å². The summed E-state index contributed by atoms with van der Waals surface area (Å²) < 4.78 is 0. The van der Waals surface area contributed by atoms with Gasteiger partial charge in [0.15, 0.2) is 5.12 Å². The Hall–Kier alpha value is -1.61. The fraction of sp³-hybridized carbons (Fsp3) is 0.200. The van der Waals surface area contributed by atoms with Crippen molar-refractivity contribution in [3.8, 4) is 0 Å². The number of nitrogens with zero attached hydrogens (tertiary/aromatic N) is 1. The molecule has 2 rings (SSSR count). The third-order valence-corrected chi connectivity index (χ3v) is 3.34. The van der Waals surface area contributed by atoms with E-state index in [0.717, 1.165) is 28.8 Å². The summed E-state index contributed by atoms with van der Waals surface area (Å²) in [5.41, 5.74) is 1.97. The second-order valence-electron chi connectivity index (χ2n) is 3.96. The molecule has 1 aromatic heterocycles. The molecule has 92 valence electrons. The van der Waals surface area contributed by atoms with Crippen molar-refractivity contribution < 1.29 is 4.79 Å². The Labute approximate surface area is 111 Å². The van der Waals surface area contributed by atoms with Crippen LogP contribution in [0.2, 0.25) is 0 Å². The van der Waals surface area contributed by atoms with Crippen molar-refractivity contribution in [2.45, 2.75) is 13.3 Å². The number of pyridine rings is 1. The highest BCUT2D eigenvalue weighted by molar-refractivity contribution is 8.13. The van der Waals surface area contributed by atoms with Crippen molar-refractivity contribution in [2.75, 3.05) is 5.75 Å². The normalized spacial score (nSPS) is 11.2. The number of para-hydroxylation sites is 1. The maximum atomic E-state index is 10.7. The van der Waals surface area contributed by atoms with Crippen LogP contribution in [0.3, 0.4) is 0 Å². The van der Waals surface area contributed by atoms with Gasteiger partial charge >= 0.3 is 0 Å². The van der Waals surface area contributed by atoms with E-state index < -0.39 is 0 Å². The molecular weight excluding hydrogens is 242 g/mol. The third-order valence-electron chi connectivity index (χ3n) is 2.50. The van der Waals surface area contributed by atoms with Gasteiger partial charge in [0.2, 0.25) is 0 Å². The van der Waals surface area contributed by atoms with Gasteiger partial charge in [0.25, 0.3) is 0 Å². The first-order valence-electron chi connectivity index (χ1n) is 5.91. The molecule has 2 nitrogen and oxygen atoms in total. The van der Waals surface area contributed by atoms with Gasteiger partial charge in [0, 0.05) is 18.1 Å². The number of carbonyl (C=O) groups is 1. The van der Waals surface area contributed by atoms with Gasteiger partial charge in [0.05, 0.1) is 11.2 Å². The van der Waals surface area contributed by atoms with Crippen molar-refractivity contribution >= 4 is 33.9 Å². The molecule has 0 aliphatic carbocycles. The minimum atomic E-state index is 0.173. The molecule has 0 fully saturated rings. The molecule has 0 saturated heterocycles. The zero-order valence-corrected chi connectivity index (χ0v) is 11.1. The summed E-state index contributed by atoms with van der Waals surface area (Å²) in [6, 6.07) is 12.2. The van der Waals surface area contributed by atoms with Crippen LogP contribution in [-0.4, -0.2) is 15.9 Å². The third kappa shape index (κ3) is 3.70. The molecule has 1 aromatic carbocycles. The second-order valence-corrected chi connectivity index (χ2v) is 5.23. The fourth-order valence-electron chi connectivity index (χ4n) is 1.65. The van der Waals surface area contributed by atoms with Gasteiger partial charge in [-0.05, 0) is 24.6 Å². The quantitative estimate of drug-likeness (QED) is 0.778. The zero-order valence-electron chi connectivity index (χ0n) is 10.3. The van der Waals surface area contributed by atoms with Crippen LogP contribution in [-0.2, 0) is 4.79 Å². The molecule has 0 aliphatic heterocycles. The lowest BCUT2D eigenvalue weighted by Crippen LogP contribution is -1.85. The van der Waals surface area contributed by atoms with E-state index in [0.29, 0.717) is 0 Å². The average Bonchev–Trinajstić information content (AvgIpc) is 2.38. The van der Waals surface area contributed by atoms with Crippen molar-refractivity contribution in [1.82, 2.24) is 4.98 Å². The summed E-state index contributed by atoms with van der Waals surface area (Å²) in [7, 11) is 0. The number of fused-ring (bicyclic) bond motifs is 1. The van der Waals surface area contributed by atoms with E-state index in [1.807, 2.05) is 30.3 Å². The summed E-state index contributed by atoms with van der Waals surface area (Å²) in [6.45, 7) is 1.60. The Kier molecular flexibility index (Phi) is 4.53. The van der Waals surface area contributed by atoms with Crippen molar-refractivity contribution in [3.63, 3.8) is 0 Å². The molecule has 0 N–H and O–H groups in total. The van der Waals surface area contributed by atoms with E-state index in [1.54, 1.807) is 6.92 Å². The number of thioether (sulfide) groups is 1. The number of aromatic nitrogens is 1. The van der Waals surface area contributed by atoms with E-state index in [2.05, 4.69) is 23.2 Å². The summed E-state index contributed by atoms with van der Waals surface area (Å²) in [5, 5.41) is 1.33. The van der Waals surface area contributed by atoms with E-state index in [-0.39, 0.29) is 5.12 Å². The predicted molar refractivity (Wildman–Crippen MR) is 78.5 cm³/mol. The van der Waals surface area contributed by atoms with Gasteiger partial charge in [-0.2, -0.15) is 0 Å². The molecular formula is C15H15NOS. The lowest BCUT2D eigenvalue weighted by molar-refractivity contribution is -0.109. The summed E-state index contributed by atoms with van der Waals surface area (Å²) in [4.78, 5) is 15.3. The first-order chi connectivity index (χ1) is 8.75. The molecule has 0 bridgehead atoms. The maximum Gasteiger partial charge on any atom is 0.185 e. The van der Waals surface area contributed by atoms with Crippen LogP contribution in [0.1, 0.15) is 19.0 Å². The van der Waals surface area contributed by atoms with Gasteiger partial charge in [-0.25, -0.2) is 4.98 Å². The van der Waals surface area contributed by atoms with E-state index >= 15 is 0 Å². The molecule has 1 heterocycles. The van der Waals surface area contributed by atoms with Gasteiger partial charge in [-0.15, -0.1) is 0 Å². The largest absolute Gasteiger partial charge is 0.288 e. The summed E-state index contributed by atoms with van der Waals surface area (Å²) in [5.74, 6) is 0.833. The van der Waals surface area contributed by atoms with Gasteiger partial charge in [-0.3, -0.25) is 4.79 Å². The van der Waals surface area contributed by atoms with Crippen LogP contribution in [0.5, 0.6) is 0 Å². The SMILES string of the molecule is CC(=O)SCCC=Cc1ccc2ccccc2n1. The van der Waals surface area contributed by atoms with E-state index in [9.17, 15) is 4.79 Å². The molecule has 0 saturated carbocycles. The number of hydrogen-bond acceptors (Lipinski definition) is 3. The standard InChI is InChI=1S/C15H15NOS/c1-12(17)18-11-5-4-7-14-10-9-13-6-2-3-8-15(13)16-14/h2-4,6-10H,5,11H2,1H3. The van der Waals surface area contributed by atoms with Crippen LogP contribution in [0.15, 0.2) is 42.5 Å². The Morgan fingerprint density at radius 3 is 2.94 bits per heavy atom. The fourth-order valence-corrected chi connectivity index (χ4v) is 2.19. The maximum absolute atomic E-state index is 10.7. The van der Waals surface area contributed by atoms with Gasteiger partial charge in [0.1, 0.15) is 0 Å². The zero-order chi connectivity index (χ0) is 12.8. The molecule has 0 aliphatic rings. The molecule has 0 radical (unpaired) electrons. The van der Waals surface area contributed by atoms with Crippen molar-refractivity contribution in [3.05, 3.63) is 48.2 Å². The number of rotatable bonds is 4. The minimum Gasteiger partial charge on any atom is -0.288 e. The van der Waals surface area contributed by atoms with E-state index in [1.165, 1.54) is 11.8 Å². The topological polar surface area (TPSA) is 30.0 Å². The Balaban J connectivity index is 1.99. The van der Waals surface area contributed by atoms with Crippen LogP contribution in [0, 0.1) is 0 Å². The van der Waals surface area contributed by atoms with Crippen molar-refractivity contribution in [2.24, 2.45) is 0 Å². The lowest BCUT2D eigenvalue weighted by atomic mass is 10.2. The minimum absolute atomic E-state index is 0.173. The number of carbonyl (C=O) groups excluding carboxylic acids is 1. The van der Waals surface area contributed by atoms with Gasteiger partial charge < -0.3 is 0 Å². The molecule has 3 heteroatoms. The number of benzene rings is 1. The first kappa shape index (κ1) is 12.8. The smallest absolute Gasteiger partial charge is 0.185 e. The number of allylic oxidation sites excluding steroid dienone is 1. The molecule has 2 aromatic rings. The summed E-state index contributed by atoms with van der Waals surface area (Å²) in [6.07, 6.45) is 4.96. The summed E-state index contributed by atoms with van der Waals surface area (Å²) >= 11 is 1.36. The van der Waals surface area contributed by atoms with Crippen molar-refractivity contribution in [1.29, 1.82) is 0 Å². The second kappa shape index (κ2) is 6.36. The van der Waals surface area contributed by atoms with Crippen LogP contribution in [0.4, 0.5) is 0 Å². The molecule has 0 atom stereocenters. The van der Waals surface area contributed by atoms with Gasteiger partial charge in [-0.1, -0.05) is 42.1 Å². The highest BCUT2D eigenvalue weighted by Crippen LogP contribution is 2.13. The van der Waals surface area contributed by atoms with Crippen LogP contribution < -0.4 is 0 Å².